The van der Waals surface area contributed by atoms with E-state index in [2.05, 4.69) is 11.2 Å². The van der Waals surface area contributed by atoms with Gasteiger partial charge in [-0.05, 0) is 44.2 Å². The van der Waals surface area contributed by atoms with E-state index in [-0.39, 0.29) is 24.1 Å². The van der Waals surface area contributed by atoms with Crippen molar-refractivity contribution in [3.05, 3.63) is 47.3 Å². The van der Waals surface area contributed by atoms with Gasteiger partial charge in [-0.3, -0.25) is 9.59 Å². The topological polar surface area (TPSA) is 85.1 Å². The highest BCUT2D eigenvalue weighted by Crippen LogP contribution is 2.29. The van der Waals surface area contributed by atoms with E-state index in [1.807, 2.05) is 18.2 Å². The minimum Gasteiger partial charge on any atom is -0.491 e. The number of nitrogens with zero attached hydrogens (tertiary/aromatic N) is 3. The zero-order chi connectivity index (χ0) is 21.8. The number of morpholine rings is 1. The normalized spacial score (nSPS) is 23.0. The number of hydrogen-bond donors (Lipinski definition) is 0. The predicted octanol–water partition coefficient (Wildman–Crippen LogP) is 2.46. The maximum absolute atomic E-state index is 13.5. The van der Waals surface area contributed by atoms with Crippen molar-refractivity contribution in [2.75, 3.05) is 39.9 Å². The molecule has 1 aromatic heterocycles. The van der Waals surface area contributed by atoms with Gasteiger partial charge in [0.15, 0.2) is 5.60 Å². The van der Waals surface area contributed by atoms with Crippen LogP contribution in [0.3, 0.4) is 0 Å². The summed E-state index contributed by atoms with van der Waals surface area (Å²) in [5.41, 5.74) is 0.762. The molecule has 0 radical (unpaired) electrons. The first-order valence-electron chi connectivity index (χ1n) is 10.8. The van der Waals surface area contributed by atoms with Crippen LogP contribution >= 0.6 is 0 Å². The lowest BCUT2D eigenvalue weighted by Crippen LogP contribution is -2.61. The molecule has 1 spiro atoms. The van der Waals surface area contributed by atoms with Crippen molar-refractivity contribution in [1.29, 1.82) is 0 Å². The molecule has 8 nitrogen and oxygen atoms in total. The Morgan fingerprint density at radius 3 is 2.81 bits per heavy atom. The Labute approximate surface area is 182 Å². The van der Waals surface area contributed by atoms with Crippen molar-refractivity contribution in [3.63, 3.8) is 0 Å². The summed E-state index contributed by atoms with van der Waals surface area (Å²) < 4.78 is 17.2. The first kappa shape index (κ1) is 21.4. The van der Waals surface area contributed by atoms with Gasteiger partial charge in [0.05, 0.1) is 25.4 Å². The number of carbonyl (C=O) groups is 2. The molecule has 0 saturated carbocycles. The third kappa shape index (κ3) is 4.58. The lowest BCUT2D eigenvalue weighted by molar-refractivity contribution is -0.169. The van der Waals surface area contributed by atoms with Crippen molar-refractivity contribution >= 4 is 11.8 Å². The summed E-state index contributed by atoms with van der Waals surface area (Å²) in [6, 6.07) is 9.66. The standard InChI is InChI=1S/C23H29N3O5/c1-17-15-20(31-24-17)21(27)26-12-14-30-23(16-26)10-6-5-8-18-7-3-4-9-19(18)29-13-11-25(2)22(23)28/h3-4,7,9,15H,5-6,8,10-14,16H2,1-2H3. The molecular weight excluding hydrogens is 398 g/mol. The van der Waals surface area contributed by atoms with Crippen LogP contribution < -0.4 is 4.74 Å². The molecule has 3 heterocycles. The molecule has 1 saturated heterocycles. The fourth-order valence-electron chi connectivity index (χ4n) is 4.28. The fourth-order valence-corrected chi connectivity index (χ4v) is 4.28. The molecule has 0 bridgehead atoms. The molecule has 166 valence electrons. The van der Waals surface area contributed by atoms with Gasteiger partial charge in [-0.2, -0.15) is 0 Å². The largest absolute Gasteiger partial charge is 0.491 e. The molecule has 2 aliphatic rings. The second-order valence-corrected chi connectivity index (χ2v) is 8.29. The van der Waals surface area contributed by atoms with E-state index < -0.39 is 5.60 Å². The van der Waals surface area contributed by atoms with Crippen molar-refractivity contribution in [1.82, 2.24) is 15.0 Å². The molecule has 0 aliphatic carbocycles. The number of amides is 2. The zero-order valence-corrected chi connectivity index (χ0v) is 18.1. The molecular formula is C23H29N3O5. The molecule has 31 heavy (non-hydrogen) atoms. The molecule has 2 amide bonds. The SMILES string of the molecule is Cc1cc(C(=O)N2CCOC3(CCCCc4ccccc4OCCN(C)C3=O)C2)on1. The van der Waals surface area contributed by atoms with Crippen molar-refractivity contribution < 1.29 is 23.6 Å². The Kier molecular flexibility index (Phi) is 6.27. The maximum Gasteiger partial charge on any atom is 0.292 e. The Morgan fingerprint density at radius 2 is 2.00 bits per heavy atom. The Balaban J connectivity index is 1.54. The van der Waals surface area contributed by atoms with E-state index >= 15 is 0 Å². The highest BCUT2D eigenvalue weighted by molar-refractivity contribution is 5.93. The average molecular weight is 428 g/mol. The fraction of sp³-hybridized carbons (Fsp3) is 0.522. The van der Waals surface area contributed by atoms with Crippen LogP contribution in [0, 0.1) is 6.92 Å². The quantitative estimate of drug-likeness (QED) is 0.695. The van der Waals surface area contributed by atoms with Crippen LogP contribution in [-0.2, 0) is 16.0 Å². The number of carbonyl (C=O) groups excluding carboxylic acids is 2. The lowest BCUT2D eigenvalue weighted by Gasteiger charge is -2.43. The molecule has 8 heteroatoms. The van der Waals surface area contributed by atoms with Crippen LogP contribution in [0.1, 0.15) is 41.1 Å². The number of fused-ring (bicyclic) bond motifs is 1. The molecule has 4 rings (SSSR count). The monoisotopic (exact) mass is 427 g/mol. The van der Waals surface area contributed by atoms with Gasteiger partial charge in [0.2, 0.25) is 5.76 Å². The second kappa shape index (κ2) is 9.09. The van der Waals surface area contributed by atoms with Crippen LogP contribution in [0.5, 0.6) is 5.75 Å². The lowest BCUT2D eigenvalue weighted by atomic mass is 9.91. The van der Waals surface area contributed by atoms with Crippen LogP contribution in [0.2, 0.25) is 0 Å². The van der Waals surface area contributed by atoms with E-state index in [1.54, 1.807) is 29.8 Å². The number of ether oxygens (including phenoxy) is 2. The first-order chi connectivity index (χ1) is 15.0. The Hall–Kier alpha value is -2.87. The van der Waals surface area contributed by atoms with Crippen LogP contribution in [0.4, 0.5) is 0 Å². The van der Waals surface area contributed by atoms with Crippen LogP contribution in [0.15, 0.2) is 34.9 Å². The summed E-state index contributed by atoms with van der Waals surface area (Å²) in [6.07, 6.45) is 3.13. The molecule has 1 unspecified atom stereocenters. The summed E-state index contributed by atoms with van der Waals surface area (Å²) in [4.78, 5) is 29.7. The first-order valence-corrected chi connectivity index (χ1v) is 10.8. The van der Waals surface area contributed by atoms with Crippen molar-refractivity contribution in [3.8, 4) is 5.75 Å². The summed E-state index contributed by atoms with van der Waals surface area (Å²) in [6.45, 7) is 3.52. The summed E-state index contributed by atoms with van der Waals surface area (Å²) in [5, 5.41) is 3.81. The maximum atomic E-state index is 13.5. The number of benzene rings is 1. The smallest absolute Gasteiger partial charge is 0.292 e. The molecule has 1 atom stereocenters. The third-order valence-electron chi connectivity index (χ3n) is 5.98. The van der Waals surface area contributed by atoms with E-state index in [1.165, 1.54) is 5.56 Å². The van der Waals surface area contributed by atoms with Gasteiger partial charge in [0.25, 0.3) is 11.8 Å². The van der Waals surface area contributed by atoms with E-state index in [9.17, 15) is 9.59 Å². The Morgan fingerprint density at radius 1 is 1.16 bits per heavy atom. The van der Waals surface area contributed by atoms with Gasteiger partial charge < -0.3 is 23.8 Å². The van der Waals surface area contributed by atoms with Gasteiger partial charge >= 0.3 is 0 Å². The third-order valence-corrected chi connectivity index (χ3v) is 5.98. The van der Waals surface area contributed by atoms with Crippen molar-refractivity contribution in [2.45, 2.75) is 38.2 Å². The van der Waals surface area contributed by atoms with E-state index in [4.69, 9.17) is 14.0 Å². The number of rotatable bonds is 1. The van der Waals surface area contributed by atoms with Gasteiger partial charge in [-0.1, -0.05) is 23.4 Å². The average Bonchev–Trinajstić information content (AvgIpc) is 3.22. The molecule has 2 aliphatic heterocycles. The highest BCUT2D eigenvalue weighted by Gasteiger charge is 2.46. The highest BCUT2D eigenvalue weighted by atomic mass is 16.5. The van der Waals surface area contributed by atoms with Gasteiger partial charge in [0.1, 0.15) is 12.4 Å². The van der Waals surface area contributed by atoms with E-state index in [0.717, 1.165) is 25.0 Å². The van der Waals surface area contributed by atoms with E-state index in [0.29, 0.717) is 38.4 Å². The number of para-hydroxylation sites is 1. The van der Waals surface area contributed by atoms with Crippen LogP contribution in [-0.4, -0.2) is 72.3 Å². The minimum absolute atomic E-state index is 0.115. The number of hydrogen-bond acceptors (Lipinski definition) is 6. The summed E-state index contributed by atoms with van der Waals surface area (Å²) in [7, 11) is 1.76. The van der Waals surface area contributed by atoms with Gasteiger partial charge in [-0.15, -0.1) is 0 Å². The van der Waals surface area contributed by atoms with Crippen molar-refractivity contribution in [2.24, 2.45) is 0 Å². The second-order valence-electron chi connectivity index (χ2n) is 8.29. The predicted molar refractivity (Wildman–Crippen MR) is 113 cm³/mol. The Bertz CT molecular complexity index is 943. The molecule has 1 fully saturated rings. The summed E-state index contributed by atoms with van der Waals surface area (Å²) in [5.74, 6) is 0.693. The molecule has 1 aromatic carbocycles. The van der Waals surface area contributed by atoms with Crippen LogP contribution in [0.25, 0.3) is 0 Å². The van der Waals surface area contributed by atoms with Gasteiger partial charge in [-0.25, -0.2) is 0 Å². The number of aromatic nitrogens is 1. The number of aryl methyl sites for hydroxylation is 2. The molecule has 0 N–H and O–H groups in total. The number of likely N-dealkylation sites (N-methyl/N-ethyl adjacent to an activating group) is 1. The minimum atomic E-state index is -1.06. The summed E-state index contributed by atoms with van der Waals surface area (Å²) >= 11 is 0. The van der Waals surface area contributed by atoms with Gasteiger partial charge in [0, 0.05) is 19.7 Å². The zero-order valence-electron chi connectivity index (χ0n) is 18.1. The molecule has 2 aromatic rings.